The second kappa shape index (κ2) is 7.06. The van der Waals surface area contributed by atoms with Crippen molar-refractivity contribution in [1.29, 1.82) is 0 Å². The number of likely N-dealkylation sites (tertiary alicyclic amines) is 1. The van der Waals surface area contributed by atoms with Crippen LogP contribution in [0.2, 0.25) is 0 Å². The maximum Gasteiger partial charge on any atom is 0.237 e. The van der Waals surface area contributed by atoms with E-state index in [-0.39, 0.29) is 19.0 Å². The molecule has 106 valence electrons. The molecule has 1 aliphatic heterocycles. The minimum atomic E-state index is -3.37. The predicted octanol–water partition coefficient (Wildman–Crippen LogP) is -0.0931. The number of carbonyl (C=O) groups is 1. The van der Waals surface area contributed by atoms with Crippen LogP contribution >= 0.6 is 0 Å². The molecule has 0 atom stereocenters. The van der Waals surface area contributed by atoms with Crippen LogP contribution in [0, 0.1) is 0 Å². The zero-order valence-electron chi connectivity index (χ0n) is 11.1. The highest BCUT2D eigenvalue weighted by Gasteiger charge is 2.24. The summed E-state index contributed by atoms with van der Waals surface area (Å²) in [7, 11) is -1.86. The highest BCUT2D eigenvalue weighted by Crippen LogP contribution is 2.10. The summed E-state index contributed by atoms with van der Waals surface area (Å²) in [5.41, 5.74) is 0. The van der Waals surface area contributed by atoms with Gasteiger partial charge in [-0.1, -0.05) is 0 Å². The molecule has 0 saturated carbocycles. The van der Waals surface area contributed by atoms with E-state index in [1.807, 2.05) is 0 Å². The average molecular weight is 278 g/mol. The first-order valence-electron chi connectivity index (χ1n) is 6.17. The van der Waals surface area contributed by atoms with Gasteiger partial charge in [-0.15, -0.1) is 0 Å². The summed E-state index contributed by atoms with van der Waals surface area (Å²) < 4.78 is 29.1. The van der Waals surface area contributed by atoms with E-state index in [0.717, 1.165) is 38.6 Å². The van der Waals surface area contributed by atoms with Gasteiger partial charge in [0.15, 0.2) is 0 Å². The fourth-order valence-electron chi connectivity index (χ4n) is 1.95. The zero-order valence-corrected chi connectivity index (χ0v) is 11.9. The Kier molecular flexibility index (Phi) is 6.04. The normalized spacial score (nSPS) is 17.2. The van der Waals surface area contributed by atoms with Crippen molar-refractivity contribution in [3.05, 3.63) is 0 Å². The number of methoxy groups -OCH3 is 1. The molecule has 1 rings (SSSR count). The highest BCUT2D eigenvalue weighted by molar-refractivity contribution is 7.88. The fraction of sp³-hybridized carbons (Fsp3) is 0.909. The van der Waals surface area contributed by atoms with Crippen molar-refractivity contribution in [3.8, 4) is 0 Å². The van der Waals surface area contributed by atoms with Crippen molar-refractivity contribution in [2.75, 3.05) is 46.2 Å². The third kappa shape index (κ3) is 4.91. The van der Waals surface area contributed by atoms with E-state index in [2.05, 4.69) is 0 Å². The molecular weight excluding hydrogens is 256 g/mol. The molecule has 1 saturated heterocycles. The number of amides is 1. The SMILES string of the molecule is COCCN(CC(=O)N1CCCCC1)S(C)(=O)=O. The van der Waals surface area contributed by atoms with Crippen molar-refractivity contribution >= 4 is 15.9 Å². The molecule has 0 aliphatic carbocycles. The summed E-state index contributed by atoms with van der Waals surface area (Å²) in [6, 6.07) is 0. The highest BCUT2D eigenvalue weighted by atomic mass is 32.2. The molecule has 7 heteroatoms. The Morgan fingerprint density at radius 1 is 1.28 bits per heavy atom. The lowest BCUT2D eigenvalue weighted by atomic mass is 10.1. The molecule has 1 heterocycles. The van der Waals surface area contributed by atoms with Gasteiger partial charge in [0, 0.05) is 26.7 Å². The van der Waals surface area contributed by atoms with E-state index in [1.54, 1.807) is 4.90 Å². The molecule has 0 N–H and O–H groups in total. The van der Waals surface area contributed by atoms with Crippen molar-refractivity contribution < 1.29 is 17.9 Å². The second-order valence-electron chi connectivity index (χ2n) is 4.53. The van der Waals surface area contributed by atoms with Crippen molar-refractivity contribution in [2.24, 2.45) is 0 Å². The number of carbonyl (C=O) groups excluding carboxylic acids is 1. The Balaban J connectivity index is 2.56. The number of ether oxygens (including phenoxy) is 1. The van der Waals surface area contributed by atoms with Crippen molar-refractivity contribution in [2.45, 2.75) is 19.3 Å². The molecule has 0 aromatic carbocycles. The third-order valence-electron chi connectivity index (χ3n) is 3.03. The van der Waals surface area contributed by atoms with Gasteiger partial charge in [0.05, 0.1) is 19.4 Å². The average Bonchev–Trinajstić information content (AvgIpc) is 2.34. The van der Waals surface area contributed by atoms with Gasteiger partial charge in [0.2, 0.25) is 15.9 Å². The Labute approximate surface area is 109 Å². The van der Waals surface area contributed by atoms with Crippen LogP contribution in [0.5, 0.6) is 0 Å². The minimum absolute atomic E-state index is 0.0812. The predicted molar refractivity (Wildman–Crippen MR) is 68.7 cm³/mol. The van der Waals surface area contributed by atoms with Crippen LogP contribution in [0.15, 0.2) is 0 Å². The number of piperidine rings is 1. The molecule has 0 radical (unpaired) electrons. The first-order chi connectivity index (χ1) is 8.45. The number of rotatable bonds is 6. The van der Waals surface area contributed by atoms with Gasteiger partial charge in [0.25, 0.3) is 0 Å². The molecular formula is C11H22N2O4S. The van der Waals surface area contributed by atoms with Gasteiger partial charge < -0.3 is 9.64 Å². The van der Waals surface area contributed by atoms with Crippen molar-refractivity contribution in [1.82, 2.24) is 9.21 Å². The maximum atomic E-state index is 12.0. The molecule has 1 amide bonds. The quantitative estimate of drug-likeness (QED) is 0.681. The van der Waals surface area contributed by atoms with Crippen LogP contribution in [0.1, 0.15) is 19.3 Å². The fourth-order valence-corrected chi connectivity index (χ4v) is 2.70. The van der Waals surface area contributed by atoms with Gasteiger partial charge in [-0.25, -0.2) is 8.42 Å². The van der Waals surface area contributed by atoms with Crippen LogP contribution < -0.4 is 0 Å². The summed E-state index contributed by atoms with van der Waals surface area (Å²) in [5.74, 6) is -0.115. The molecule has 0 unspecified atom stereocenters. The van der Waals surface area contributed by atoms with Crippen LogP contribution in [0.25, 0.3) is 0 Å². The summed E-state index contributed by atoms with van der Waals surface area (Å²) in [4.78, 5) is 13.7. The van der Waals surface area contributed by atoms with E-state index in [1.165, 1.54) is 11.4 Å². The lowest BCUT2D eigenvalue weighted by molar-refractivity contribution is -0.132. The summed E-state index contributed by atoms with van der Waals surface area (Å²) >= 11 is 0. The van der Waals surface area contributed by atoms with E-state index < -0.39 is 10.0 Å². The summed E-state index contributed by atoms with van der Waals surface area (Å²) in [6.07, 6.45) is 4.26. The Hall–Kier alpha value is -0.660. The monoisotopic (exact) mass is 278 g/mol. The molecule has 6 nitrogen and oxygen atoms in total. The standard InChI is InChI=1S/C11H22N2O4S/c1-17-9-8-13(18(2,15)16)10-11(14)12-6-4-3-5-7-12/h3-10H2,1-2H3. The topological polar surface area (TPSA) is 66.9 Å². The van der Waals surface area contributed by atoms with Gasteiger partial charge in [0.1, 0.15) is 0 Å². The Morgan fingerprint density at radius 3 is 2.39 bits per heavy atom. The first kappa shape index (κ1) is 15.4. The van der Waals surface area contributed by atoms with Crippen LogP contribution in [-0.2, 0) is 19.6 Å². The summed E-state index contributed by atoms with van der Waals surface area (Å²) in [6.45, 7) is 1.90. The van der Waals surface area contributed by atoms with Crippen LogP contribution in [0.3, 0.4) is 0 Å². The van der Waals surface area contributed by atoms with E-state index >= 15 is 0 Å². The van der Waals surface area contributed by atoms with E-state index in [0.29, 0.717) is 6.61 Å². The molecule has 18 heavy (non-hydrogen) atoms. The first-order valence-corrected chi connectivity index (χ1v) is 8.02. The smallest absolute Gasteiger partial charge is 0.237 e. The largest absolute Gasteiger partial charge is 0.383 e. The Morgan fingerprint density at radius 2 is 1.89 bits per heavy atom. The second-order valence-corrected chi connectivity index (χ2v) is 6.51. The van der Waals surface area contributed by atoms with E-state index in [9.17, 15) is 13.2 Å². The molecule has 1 aliphatic rings. The lowest BCUT2D eigenvalue weighted by Crippen LogP contribution is -2.45. The summed E-state index contributed by atoms with van der Waals surface area (Å²) in [5, 5.41) is 0. The van der Waals surface area contributed by atoms with Gasteiger partial charge in [-0.3, -0.25) is 4.79 Å². The molecule has 0 bridgehead atoms. The zero-order chi connectivity index (χ0) is 13.6. The molecule has 0 spiro atoms. The molecule has 0 aromatic rings. The van der Waals surface area contributed by atoms with Gasteiger partial charge in [-0.05, 0) is 19.3 Å². The third-order valence-corrected chi connectivity index (χ3v) is 4.28. The lowest BCUT2D eigenvalue weighted by Gasteiger charge is -2.29. The van der Waals surface area contributed by atoms with Crippen molar-refractivity contribution in [3.63, 3.8) is 0 Å². The number of hydrogen-bond acceptors (Lipinski definition) is 4. The molecule has 1 fully saturated rings. The van der Waals surface area contributed by atoms with Crippen LogP contribution in [0.4, 0.5) is 0 Å². The number of sulfonamides is 1. The minimum Gasteiger partial charge on any atom is -0.383 e. The Bertz CT molecular complexity index is 363. The van der Waals surface area contributed by atoms with Gasteiger partial charge >= 0.3 is 0 Å². The number of nitrogens with zero attached hydrogens (tertiary/aromatic N) is 2. The maximum absolute atomic E-state index is 12.0. The van der Waals surface area contributed by atoms with Gasteiger partial charge in [-0.2, -0.15) is 4.31 Å². The van der Waals surface area contributed by atoms with Crippen LogP contribution in [-0.4, -0.2) is 69.7 Å². The molecule has 0 aromatic heterocycles. The number of hydrogen-bond donors (Lipinski definition) is 0. The van der Waals surface area contributed by atoms with E-state index in [4.69, 9.17) is 4.74 Å².